The van der Waals surface area contributed by atoms with E-state index in [1.165, 1.54) is 0 Å². The molecule has 0 aliphatic carbocycles. The van der Waals surface area contributed by atoms with Crippen LogP contribution in [0.25, 0.3) is 0 Å². The van der Waals surface area contributed by atoms with Gasteiger partial charge in [0.1, 0.15) is 0 Å². The monoisotopic (exact) mass is 278 g/mol. The van der Waals surface area contributed by atoms with E-state index in [2.05, 4.69) is 24.1 Å². The highest BCUT2D eigenvalue weighted by Gasteiger charge is 2.28. The van der Waals surface area contributed by atoms with Crippen molar-refractivity contribution in [2.24, 2.45) is 5.41 Å². The van der Waals surface area contributed by atoms with Crippen molar-refractivity contribution >= 4 is 9.84 Å². The van der Waals surface area contributed by atoms with E-state index in [-0.39, 0.29) is 11.2 Å². The molecule has 0 aliphatic heterocycles. The van der Waals surface area contributed by atoms with E-state index in [9.17, 15) is 8.42 Å². The van der Waals surface area contributed by atoms with Crippen molar-refractivity contribution in [2.75, 3.05) is 39.5 Å². The first-order valence-electron chi connectivity index (χ1n) is 6.45. The Morgan fingerprint density at radius 2 is 1.56 bits per heavy atom. The lowest BCUT2D eigenvalue weighted by Gasteiger charge is -2.28. The molecular weight excluding hydrogens is 248 g/mol. The molecule has 4 nitrogen and oxygen atoms in total. The van der Waals surface area contributed by atoms with Gasteiger partial charge in [-0.2, -0.15) is 0 Å². The highest BCUT2D eigenvalue weighted by Crippen LogP contribution is 2.16. The molecule has 0 aromatic rings. The van der Waals surface area contributed by atoms with E-state index in [0.717, 1.165) is 13.1 Å². The van der Waals surface area contributed by atoms with Crippen LogP contribution < -0.4 is 5.32 Å². The summed E-state index contributed by atoms with van der Waals surface area (Å²) in [7, 11) is 1.08. The number of nitrogens with zero attached hydrogens (tertiary/aromatic N) is 1. The quantitative estimate of drug-likeness (QED) is 0.715. The molecule has 18 heavy (non-hydrogen) atoms. The van der Waals surface area contributed by atoms with Crippen molar-refractivity contribution in [3.63, 3.8) is 0 Å². The predicted molar refractivity (Wildman–Crippen MR) is 78.7 cm³/mol. The minimum Gasteiger partial charge on any atom is -0.315 e. The molecule has 0 atom stereocenters. The Morgan fingerprint density at radius 3 is 1.94 bits per heavy atom. The normalized spacial score (nSPS) is 14.2. The Morgan fingerprint density at radius 1 is 1.06 bits per heavy atom. The maximum atomic E-state index is 11.9. The Balaban J connectivity index is 4.09. The van der Waals surface area contributed by atoms with Crippen LogP contribution in [0, 0.1) is 5.41 Å². The standard InChI is InChI=1S/C13H30N2O2S/c1-12(2,3)18(16,17)9-8-14-10-13(4,5)11-15(6)7/h14H,8-11H2,1-7H3. The van der Waals surface area contributed by atoms with E-state index in [1.54, 1.807) is 20.8 Å². The second-order valence-electron chi connectivity index (χ2n) is 7.01. The van der Waals surface area contributed by atoms with Gasteiger partial charge in [-0.1, -0.05) is 13.8 Å². The predicted octanol–water partition coefficient (Wildman–Crippen LogP) is 1.38. The fourth-order valence-corrected chi connectivity index (χ4v) is 2.88. The maximum absolute atomic E-state index is 11.9. The fourth-order valence-electron chi connectivity index (χ4n) is 1.85. The lowest BCUT2D eigenvalue weighted by atomic mass is 9.93. The van der Waals surface area contributed by atoms with Crippen LogP contribution >= 0.6 is 0 Å². The minimum atomic E-state index is -3.01. The van der Waals surface area contributed by atoms with Gasteiger partial charge in [0.2, 0.25) is 0 Å². The Hall–Kier alpha value is -0.130. The van der Waals surface area contributed by atoms with Crippen molar-refractivity contribution in [1.29, 1.82) is 0 Å². The number of hydrogen-bond acceptors (Lipinski definition) is 4. The summed E-state index contributed by atoms with van der Waals surface area (Å²) >= 11 is 0. The van der Waals surface area contributed by atoms with Crippen LogP contribution in [0.2, 0.25) is 0 Å². The molecule has 0 amide bonds. The first-order valence-corrected chi connectivity index (χ1v) is 8.10. The van der Waals surface area contributed by atoms with Crippen LogP contribution in [0.15, 0.2) is 0 Å². The molecule has 0 saturated heterocycles. The lowest BCUT2D eigenvalue weighted by Crippen LogP contribution is -2.40. The summed E-state index contributed by atoms with van der Waals surface area (Å²) in [5.41, 5.74) is 0.148. The van der Waals surface area contributed by atoms with Gasteiger partial charge in [-0.25, -0.2) is 8.42 Å². The molecule has 0 spiro atoms. The van der Waals surface area contributed by atoms with E-state index in [4.69, 9.17) is 0 Å². The first kappa shape index (κ1) is 17.9. The molecule has 0 radical (unpaired) electrons. The molecular formula is C13H30N2O2S. The fraction of sp³-hybridized carbons (Fsp3) is 1.00. The van der Waals surface area contributed by atoms with Gasteiger partial charge in [0.05, 0.1) is 10.5 Å². The molecule has 5 heteroatoms. The van der Waals surface area contributed by atoms with Gasteiger partial charge in [-0.15, -0.1) is 0 Å². The smallest absolute Gasteiger partial charge is 0.156 e. The van der Waals surface area contributed by atoms with Gasteiger partial charge in [-0.05, 0) is 40.3 Å². The Bertz CT molecular complexity index is 340. The van der Waals surface area contributed by atoms with E-state index >= 15 is 0 Å². The van der Waals surface area contributed by atoms with Crippen molar-refractivity contribution in [2.45, 2.75) is 39.4 Å². The highest BCUT2D eigenvalue weighted by atomic mass is 32.2. The van der Waals surface area contributed by atoms with Crippen LogP contribution in [0.4, 0.5) is 0 Å². The SMILES string of the molecule is CN(C)CC(C)(C)CNCCS(=O)(=O)C(C)(C)C. The maximum Gasteiger partial charge on any atom is 0.156 e. The molecule has 0 aromatic heterocycles. The summed E-state index contributed by atoms with van der Waals surface area (Å²) in [4.78, 5) is 2.15. The Labute approximate surface area is 113 Å². The van der Waals surface area contributed by atoms with Crippen LogP contribution in [0.5, 0.6) is 0 Å². The van der Waals surface area contributed by atoms with Crippen molar-refractivity contribution < 1.29 is 8.42 Å². The number of rotatable bonds is 7. The third-order valence-corrected chi connectivity index (χ3v) is 5.44. The minimum absolute atomic E-state index is 0.148. The van der Waals surface area contributed by atoms with E-state index < -0.39 is 14.6 Å². The van der Waals surface area contributed by atoms with Gasteiger partial charge in [0.15, 0.2) is 9.84 Å². The topological polar surface area (TPSA) is 49.4 Å². The second-order valence-corrected chi connectivity index (χ2v) is 9.87. The van der Waals surface area contributed by atoms with E-state index in [0.29, 0.717) is 6.54 Å². The van der Waals surface area contributed by atoms with Crippen LogP contribution in [0.3, 0.4) is 0 Å². The average molecular weight is 278 g/mol. The first-order chi connectivity index (χ1) is 7.87. The Kier molecular flexibility index (Phi) is 6.30. The van der Waals surface area contributed by atoms with Crippen LogP contribution in [-0.4, -0.2) is 57.5 Å². The molecule has 0 saturated carbocycles. The van der Waals surface area contributed by atoms with Gasteiger partial charge >= 0.3 is 0 Å². The number of hydrogen-bond donors (Lipinski definition) is 1. The molecule has 0 fully saturated rings. The summed E-state index contributed by atoms with van der Waals surface area (Å²) < 4.78 is 23.2. The molecule has 110 valence electrons. The second kappa shape index (κ2) is 6.35. The zero-order chi connectivity index (χ0) is 14.6. The van der Waals surface area contributed by atoms with Crippen molar-refractivity contribution in [1.82, 2.24) is 10.2 Å². The zero-order valence-corrected chi connectivity index (χ0v) is 13.8. The highest BCUT2D eigenvalue weighted by molar-refractivity contribution is 7.92. The van der Waals surface area contributed by atoms with Crippen LogP contribution in [0.1, 0.15) is 34.6 Å². The molecule has 0 rings (SSSR count). The molecule has 0 unspecified atom stereocenters. The molecule has 0 aromatic carbocycles. The third kappa shape index (κ3) is 6.71. The summed E-state index contributed by atoms with van der Waals surface area (Å²) in [6.45, 7) is 11.9. The van der Waals surface area contributed by atoms with Gasteiger partial charge in [0, 0.05) is 19.6 Å². The lowest BCUT2D eigenvalue weighted by molar-refractivity contribution is 0.234. The van der Waals surface area contributed by atoms with Crippen molar-refractivity contribution in [3.05, 3.63) is 0 Å². The van der Waals surface area contributed by atoms with Gasteiger partial charge in [0.25, 0.3) is 0 Å². The average Bonchev–Trinajstić information content (AvgIpc) is 2.08. The molecule has 0 heterocycles. The van der Waals surface area contributed by atoms with Gasteiger partial charge in [-0.3, -0.25) is 0 Å². The van der Waals surface area contributed by atoms with Gasteiger partial charge < -0.3 is 10.2 Å². The molecule has 0 bridgehead atoms. The molecule has 1 N–H and O–H groups in total. The zero-order valence-electron chi connectivity index (χ0n) is 13.0. The van der Waals surface area contributed by atoms with Crippen molar-refractivity contribution in [3.8, 4) is 0 Å². The summed E-state index contributed by atoms with van der Waals surface area (Å²) in [5.74, 6) is 0.203. The largest absolute Gasteiger partial charge is 0.315 e. The van der Waals surface area contributed by atoms with Crippen LogP contribution in [-0.2, 0) is 9.84 Å². The summed E-state index contributed by atoms with van der Waals surface area (Å²) in [5, 5.41) is 3.25. The summed E-state index contributed by atoms with van der Waals surface area (Å²) in [6, 6.07) is 0. The van der Waals surface area contributed by atoms with E-state index in [1.807, 2.05) is 14.1 Å². The molecule has 0 aliphatic rings. The number of nitrogens with one attached hydrogen (secondary N) is 1. The third-order valence-electron chi connectivity index (χ3n) is 2.83. The summed E-state index contributed by atoms with van der Waals surface area (Å²) in [6.07, 6.45) is 0. The number of sulfone groups is 1.